The molecule has 34 heavy (non-hydrogen) atoms. The Labute approximate surface area is 201 Å². The van der Waals surface area contributed by atoms with Crippen molar-refractivity contribution < 1.29 is 19.5 Å². The number of carboxylic acid groups (broad SMARTS) is 1. The summed E-state index contributed by atoms with van der Waals surface area (Å²) in [5.41, 5.74) is 1.87. The molecule has 11 heteroatoms. The van der Waals surface area contributed by atoms with Crippen LogP contribution < -0.4 is 15.5 Å². The number of nitrogens with one attached hydrogen (secondary N) is 2. The normalized spacial score (nSPS) is 10.7. The number of aromatic nitrogens is 3. The summed E-state index contributed by atoms with van der Waals surface area (Å²) in [4.78, 5) is 38.5. The lowest BCUT2D eigenvalue weighted by Crippen LogP contribution is -2.23. The van der Waals surface area contributed by atoms with Crippen molar-refractivity contribution in [2.45, 2.75) is 20.3 Å². The molecular formula is C23H25ClN6O4. The monoisotopic (exact) mass is 484 g/mol. The number of hydrogen-bond donors (Lipinski definition) is 3. The van der Waals surface area contributed by atoms with Crippen LogP contribution in [0.4, 0.5) is 21.9 Å². The molecule has 0 aliphatic heterocycles. The van der Waals surface area contributed by atoms with Gasteiger partial charge in [0.15, 0.2) is 5.78 Å². The van der Waals surface area contributed by atoms with E-state index in [1.165, 1.54) is 16.9 Å². The first-order valence-electron chi connectivity index (χ1n) is 10.5. The van der Waals surface area contributed by atoms with Crippen LogP contribution in [0.15, 0.2) is 48.8 Å². The first-order valence-corrected chi connectivity index (χ1v) is 10.9. The van der Waals surface area contributed by atoms with Gasteiger partial charge in [-0.05, 0) is 30.2 Å². The number of hydrogen-bond acceptors (Lipinski definition) is 6. The molecule has 0 unspecified atom stereocenters. The average Bonchev–Trinajstić information content (AvgIpc) is 3.29. The lowest BCUT2D eigenvalue weighted by Gasteiger charge is -2.24. The maximum Gasteiger partial charge on any atom is 0.409 e. The molecule has 2 aromatic carbocycles. The van der Waals surface area contributed by atoms with Gasteiger partial charge < -0.3 is 15.3 Å². The van der Waals surface area contributed by atoms with Gasteiger partial charge >= 0.3 is 6.09 Å². The van der Waals surface area contributed by atoms with E-state index in [2.05, 4.69) is 20.9 Å². The van der Waals surface area contributed by atoms with E-state index in [9.17, 15) is 19.5 Å². The van der Waals surface area contributed by atoms with Gasteiger partial charge in [-0.15, -0.1) is 5.10 Å². The van der Waals surface area contributed by atoms with Crippen LogP contribution >= 0.6 is 11.6 Å². The number of nitrogens with zero attached hydrogens (tertiary/aromatic N) is 4. The summed E-state index contributed by atoms with van der Waals surface area (Å²) in [7, 11) is 1.84. The maximum atomic E-state index is 12.7. The van der Waals surface area contributed by atoms with E-state index in [0.717, 1.165) is 0 Å². The highest BCUT2D eigenvalue weighted by Gasteiger charge is 2.18. The summed E-state index contributed by atoms with van der Waals surface area (Å²) in [6, 6.07) is 9.67. The predicted octanol–water partition coefficient (Wildman–Crippen LogP) is 4.31. The Hall–Kier alpha value is -3.92. The van der Waals surface area contributed by atoms with Crippen LogP contribution in [0, 0.1) is 5.92 Å². The van der Waals surface area contributed by atoms with E-state index < -0.39 is 24.2 Å². The van der Waals surface area contributed by atoms with Gasteiger partial charge in [-0.3, -0.25) is 14.9 Å². The summed E-state index contributed by atoms with van der Waals surface area (Å²) in [5, 5.41) is 22.1. The predicted molar refractivity (Wildman–Crippen MR) is 130 cm³/mol. The van der Waals surface area contributed by atoms with E-state index in [0.29, 0.717) is 34.4 Å². The second-order valence-electron chi connectivity index (χ2n) is 8.10. The highest BCUT2D eigenvalue weighted by molar-refractivity contribution is 6.34. The Kier molecular flexibility index (Phi) is 7.85. The molecule has 0 radical (unpaired) electrons. The number of ketones is 1. The van der Waals surface area contributed by atoms with Gasteiger partial charge in [0.05, 0.1) is 46.6 Å². The van der Waals surface area contributed by atoms with E-state index in [1.54, 1.807) is 36.5 Å². The van der Waals surface area contributed by atoms with Gasteiger partial charge in [0, 0.05) is 19.2 Å². The van der Waals surface area contributed by atoms with Crippen molar-refractivity contribution in [3.63, 3.8) is 0 Å². The van der Waals surface area contributed by atoms with Crippen LogP contribution in [0.25, 0.3) is 5.69 Å². The summed E-state index contributed by atoms with van der Waals surface area (Å²) >= 11 is 6.42. The topological polar surface area (TPSA) is 129 Å². The molecule has 0 saturated heterocycles. The quantitative estimate of drug-likeness (QED) is 0.304. The minimum atomic E-state index is -1.30. The van der Waals surface area contributed by atoms with Crippen LogP contribution in [0.2, 0.25) is 5.02 Å². The zero-order chi connectivity index (χ0) is 24.8. The average molecular weight is 485 g/mol. The first-order chi connectivity index (χ1) is 16.1. The standard InChI is InChI=1S/C23H25ClN6O4/c1-14(2)13-29(3)20-11-19(27-23(33)34)18(10-17(20)24)26-22(32)12-21(31)15-5-4-6-16(9-15)30-8-7-25-28-30/h4-11,14,27H,12-13H2,1-3H3,(H,26,32)(H,33,34). The zero-order valence-electron chi connectivity index (χ0n) is 18.9. The number of anilines is 3. The minimum Gasteiger partial charge on any atom is -0.465 e. The molecule has 1 aromatic heterocycles. The number of halogens is 1. The zero-order valence-corrected chi connectivity index (χ0v) is 19.7. The SMILES string of the molecule is CC(C)CN(C)c1cc(NC(=O)O)c(NC(=O)CC(=O)c2cccc(-n3ccnn3)c2)cc1Cl. The molecule has 10 nitrogen and oxygen atoms in total. The minimum absolute atomic E-state index is 0.150. The van der Waals surface area contributed by atoms with Gasteiger partial charge in [0.1, 0.15) is 0 Å². The molecule has 0 aliphatic rings. The molecule has 3 rings (SSSR count). The van der Waals surface area contributed by atoms with Crippen LogP contribution in [0.1, 0.15) is 30.6 Å². The molecule has 3 N–H and O–H groups in total. The lowest BCUT2D eigenvalue weighted by molar-refractivity contribution is -0.115. The van der Waals surface area contributed by atoms with Gasteiger partial charge in [-0.2, -0.15) is 0 Å². The van der Waals surface area contributed by atoms with Crippen LogP contribution in [0.5, 0.6) is 0 Å². The third kappa shape index (κ3) is 6.32. The summed E-state index contributed by atoms with van der Waals surface area (Å²) < 4.78 is 1.50. The van der Waals surface area contributed by atoms with E-state index >= 15 is 0 Å². The Bertz CT molecular complexity index is 1200. The van der Waals surface area contributed by atoms with Crippen LogP contribution in [-0.4, -0.2) is 51.5 Å². The van der Waals surface area contributed by atoms with Gasteiger partial charge in [0.25, 0.3) is 0 Å². The van der Waals surface area contributed by atoms with Gasteiger partial charge in [-0.1, -0.05) is 42.8 Å². The number of carbonyl (C=O) groups excluding carboxylic acids is 2. The van der Waals surface area contributed by atoms with Crippen LogP contribution in [-0.2, 0) is 4.79 Å². The Morgan fingerprint density at radius 2 is 1.88 bits per heavy atom. The first kappa shape index (κ1) is 24.7. The van der Waals surface area contributed by atoms with Gasteiger partial charge in [0.2, 0.25) is 5.91 Å². The molecule has 1 heterocycles. The summed E-state index contributed by atoms with van der Waals surface area (Å²) in [6.07, 6.45) is 1.41. The fourth-order valence-electron chi connectivity index (χ4n) is 3.43. The van der Waals surface area contributed by atoms with E-state index in [1.807, 2.05) is 25.8 Å². The Morgan fingerprint density at radius 3 is 2.53 bits per heavy atom. The van der Waals surface area contributed by atoms with Crippen LogP contribution in [0.3, 0.4) is 0 Å². The van der Waals surface area contributed by atoms with E-state index in [4.69, 9.17) is 11.6 Å². The largest absolute Gasteiger partial charge is 0.465 e. The number of rotatable bonds is 9. The second-order valence-corrected chi connectivity index (χ2v) is 8.51. The lowest BCUT2D eigenvalue weighted by atomic mass is 10.1. The summed E-state index contributed by atoms with van der Waals surface area (Å²) in [5.74, 6) is -0.666. The summed E-state index contributed by atoms with van der Waals surface area (Å²) in [6.45, 7) is 4.79. The number of benzene rings is 2. The van der Waals surface area contributed by atoms with E-state index in [-0.39, 0.29) is 11.4 Å². The maximum absolute atomic E-state index is 12.7. The molecule has 0 spiro atoms. The van der Waals surface area contributed by atoms with Crippen molar-refractivity contribution in [3.05, 3.63) is 59.4 Å². The molecular weight excluding hydrogens is 460 g/mol. The third-order valence-corrected chi connectivity index (χ3v) is 5.13. The fraction of sp³-hybridized carbons (Fsp3) is 0.261. The highest BCUT2D eigenvalue weighted by atomic mass is 35.5. The van der Waals surface area contributed by atoms with Crippen molar-refractivity contribution in [1.29, 1.82) is 0 Å². The number of amides is 2. The molecule has 178 valence electrons. The molecule has 0 fully saturated rings. The van der Waals surface area contributed by atoms with Crippen molar-refractivity contribution in [3.8, 4) is 5.69 Å². The highest BCUT2D eigenvalue weighted by Crippen LogP contribution is 2.35. The van der Waals surface area contributed by atoms with Crippen molar-refractivity contribution in [2.75, 3.05) is 29.1 Å². The Balaban J connectivity index is 1.78. The third-order valence-electron chi connectivity index (χ3n) is 4.83. The van der Waals surface area contributed by atoms with Gasteiger partial charge in [-0.25, -0.2) is 9.48 Å². The molecule has 0 bridgehead atoms. The number of Topliss-reactive ketones (excluding diaryl/α,β-unsaturated/α-hetero) is 1. The number of carbonyl (C=O) groups is 3. The second kappa shape index (κ2) is 10.8. The molecule has 0 atom stereocenters. The molecule has 3 aromatic rings. The molecule has 2 amide bonds. The van der Waals surface area contributed by atoms with Crippen molar-refractivity contribution in [1.82, 2.24) is 15.0 Å². The molecule has 0 saturated carbocycles. The molecule has 0 aliphatic carbocycles. The van der Waals surface area contributed by atoms with Crippen molar-refractivity contribution >= 4 is 46.4 Å². The van der Waals surface area contributed by atoms with Crippen molar-refractivity contribution in [2.24, 2.45) is 5.92 Å². The smallest absolute Gasteiger partial charge is 0.409 e. The fourth-order valence-corrected chi connectivity index (χ4v) is 3.74. The Morgan fingerprint density at radius 1 is 1.15 bits per heavy atom.